The standard InChI is InChI=1S/C20H21N3O3S2/c24-16(12-23-18(25)20(21-19(23)26)7-1-2-8-20)22-9-5-14-13(6-11-28-14)17(22)15-4-3-10-27-15/h3-4,6,10-11,17H,1-2,5,7-9,12H2,(H,21,26)/t17-/m0/s1. The van der Waals surface area contributed by atoms with Crippen molar-refractivity contribution in [2.24, 2.45) is 0 Å². The van der Waals surface area contributed by atoms with Crippen LogP contribution in [0.4, 0.5) is 4.79 Å². The van der Waals surface area contributed by atoms with E-state index in [1.165, 1.54) is 4.88 Å². The van der Waals surface area contributed by atoms with Gasteiger partial charge in [-0.25, -0.2) is 4.79 Å². The van der Waals surface area contributed by atoms with Crippen LogP contribution >= 0.6 is 22.7 Å². The van der Waals surface area contributed by atoms with E-state index in [4.69, 9.17) is 0 Å². The van der Waals surface area contributed by atoms with Crippen LogP contribution in [0.3, 0.4) is 0 Å². The molecule has 1 atom stereocenters. The molecule has 2 aromatic heterocycles. The largest absolute Gasteiger partial charge is 0.329 e. The number of hydrogen-bond acceptors (Lipinski definition) is 5. The Labute approximate surface area is 171 Å². The van der Waals surface area contributed by atoms with Crippen molar-refractivity contribution in [1.82, 2.24) is 15.1 Å². The smallest absolute Gasteiger partial charge is 0.325 e. The maximum atomic E-state index is 13.2. The highest BCUT2D eigenvalue weighted by Crippen LogP contribution is 2.40. The van der Waals surface area contributed by atoms with E-state index in [9.17, 15) is 14.4 Å². The molecule has 1 spiro atoms. The summed E-state index contributed by atoms with van der Waals surface area (Å²) in [5, 5.41) is 6.94. The number of amides is 4. The van der Waals surface area contributed by atoms with Crippen LogP contribution in [0.15, 0.2) is 29.0 Å². The molecule has 1 N–H and O–H groups in total. The van der Waals surface area contributed by atoms with Crippen molar-refractivity contribution in [2.75, 3.05) is 13.1 Å². The van der Waals surface area contributed by atoms with Gasteiger partial charge in [-0.15, -0.1) is 22.7 Å². The molecular formula is C20H21N3O3S2. The normalized spacial score (nSPS) is 23.4. The first kappa shape index (κ1) is 17.9. The molecule has 5 rings (SSSR count). The minimum atomic E-state index is -0.771. The molecule has 2 aliphatic heterocycles. The van der Waals surface area contributed by atoms with Gasteiger partial charge in [0.1, 0.15) is 12.1 Å². The topological polar surface area (TPSA) is 69.7 Å². The van der Waals surface area contributed by atoms with Gasteiger partial charge in [-0.1, -0.05) is 18.9 Å². The fraction of sp³-hybridized carbons (Fsp3) is 0.450. The lowest BCUT2D eigenvalue weighted by Crippen LogP contribution is -2.48. The molecule has 28 heavy (non-hydrogen) atoms. The Bertz CT molecular complexity index is 930. The van der Waals surface area contributed by atoms with Crippen molar-refractivity contribution in [2.45, 2.75) is 43.7 Å². The number of urea groups is 1. The summed E-state index contributed by atoms with van der Waals surface area (Å²) in [6.45, 7) is 0.414. The second-order valence-electron chi connectivity index (χ2n) is 7.66. The predicted octanol–water partition coefficient (Wildman–Crippen LogP) is 3.15. The van der Waals surface area contributed by atoms with Crippen LogP contribution in [0.2, 0.25) is 0 Å². The average molecular weight is 416 g/mol. The third-order valence-electron chi connectivity index (χ3n) is 6.10. The number of carbonyl (C=O) groups is 3. The van der Waals surface area contributed by atoms with Gasteiger partial charge in [0.05, 0.1) is 6.04 Å². The van der Waals surface area contributed by atoms with Gasteiger partial charge in [0.2, 0.25) is 5.91 Å². The monoisotopic (exact) mass is 415 g/mol. The van der Waals surface area contributed by atoms with Gasteiger partial charge in [-0.3, -0.25) is 14.5 Å². The zero-order valence-corrected chi connectivity index (χ0v) is 17.0. The summed E-state index contributed by atoms with van der Waals surface area (Å²) in [6.07, 6.45) is 4.01. The Morgan fingerprint density at radius 3 is 2.75 bits per heavy atom. The van der Waals surface area contributed by atoms with E-state index in [0.29, 0.717) is 19.4 Å². The maximum absolute atomic E-state index is 13.2. The number of nitrogens with zero attached hydrogens (tertiary/aromatic N) is 2. The highest BCUT2D eigenvalue weighted by atomic mass is 32.1. The molecule has 4 amide bonds. The number of thiophene rings is 2. The van der Waals surface area contributed by atoms with E-state index in [-0.39, 0.29) is 24.4 Å². The molecule has 8 heteroatoms. The molecule has 0 unspecified atom stereocenters. The molecule has 2 aromatic rings. The minimum absolute atomic E-state index is 0.135. The van der Waals surface area contributed by atoms with Crippen LogP contribution < -0.4 is 5.32 Å². The summed E-state index contributed by atoms with van der Waals surface area (Å²) in [5.74, 6) is -0.405. The molecule has 0 radical (unpaired) electrons. The third-order valence-corrected chi connectivity index (χ3v) is 8.02. The van der Waals surface area contributed by atoms with Crippen molar-refractivity contribution >= 4 is 40.5 Å². The van der Waals surface area contributed by atoms with Crippen LogP contribution in [0, 0.1) is 0 Å². The second-order valence-corrected chi connectivity index (χ2v) is 9.64. The van der Waals surface area contributed by atoms with Crippen LogP contribution in [0.25, 0.3) is 0 Å². The van der Waals surface area contributed by atoms with Gasteiger partial charge < -0.3 is 10.2 Å². The third kappa shape index (κ3) is 2.69. The van der Waals surface area contributed by atoms with E-state index in [0.717, 1.165) is 34.6 Å². The maximum Gasteiger partial charge on any atom is 0.325 e. The lowest BCUT2D eigenvalue weighted by molar-refractivity contribution is -0.140. The molecular weight excluding hydrogens is 394 g/mol. The highest BCUT2D eigenvalue weighted by molar-refractivity contribution is 7.10. The van der Waals surface area contributed by atoms with Crippen LogP contribution in [-0.2, 0) is 16.0 Å². The quantitative estimate of drug-likeness (QED) is 0.783. The fourth-order valence-corrected chi connectivity index (χ4v) is 6.46. The molecule has 6 nitrogen and oxygen atoms in total. The summed E-state index contributed by atoms with van der Waals surface area (Å²) < 4.78 is 0. The number of hydrogen-bond donors (Lipinski definition) is 1. The van der Waals surface area contributed by atoms with E-state index in [1.807, 2.05) is 22.4 Å². The number of imide groups is 1. The molecule has 1 saturated heterocycles. The lowest BCUT2D eigenvalue weighted by Gasteiger charge is -2.36. The minimum Gasteiger partial charge on any atom is -0.329 e. The number of carbonyl (C=O) groups excluding carboxylic acids is 3. The molecule has 1 aliphatic carbocycles. The lowest BCUT2D eigenvalue weighted by atomic mass is 9.97. The van der Waals surface area contributed by atoms with Crippen LogP contribution in [0.5, 0.6) is 0 Å². The van der Waals surface area contributed by atoms with E-state index < -0.39 is 11.6 Å². The Kier molecular flexibility index (Phi) is 4.28. The van der Waals surface area contributed by atoms with Crippen LogP contribution in [-0.4, -0.2) is 46.3 Å². The Morgan fingerprint density at radius 2 is 2.00 bits per heavy atom. The number of nitrogens with one attached hydrogen (secondary N) is 1. The summed E-state index contributed by atoms with van der Waals surface area (Å²) in [5.41, 5.74) is 0.393. The predicted molar refractivity (Wildman–Crippen MR) is 107 cm³/mol. The zero-order chi connectivity index (χ0) is 19.3. The molecule has 0 bridgehead atoms. The first-order chi connectivity index (χ1) is 13.6. The van der Waals surface area contributed by atoms with E-state index in [2.05, 4.69) is 16.8 Å². The Balaban J connectivity index is 1.40. The molecule has 146 valence electrons. The van der Waals surface area contributed by atoms with Gasteiger partial charge in [0.15, 0.2) is 0 Å². The summed E-state index contributed by atoms with van der Waals surface area (Å²) >= 11 is 3.35. The van der Waals surface area contributed by atoms with Gasteiger partial charge in [-0.2, -0.15) is 0 Å². The van der Waals surface area contributed by atoms with Crippen molar-refractivity contribution in [3.63, 3.8) is 0 Å². The molecule has 2 fully saturated rings. The Hall–Kier alpha value is -2.19. The number of fused-ring (bicyclic) bond motifs is 1. The summed E-state index contributed by atoms with van der Waals surface area (Å²) in [6, 6.07) is 5.56. The van der Waals surface area contributed by atoms with Crippen LogP contribution in [0.1, 0.15) is 47.0 Å². The van der Waals surface area contributed by atoms with Crippen molar-refractivity contribution in [3.05, 3.63) is 44.3 Å². The zero-order valence-electron chi connectivity index (χ0n) is 15.3. The molecule has 1 saturated carbocycles. The van der Waals surface area contributed by atoms with Gasteiger partial charge in [0, 0.05) is 16.3 Å². The van der Waals surface area contributed by atoms with E-state index >= 15 is 0 Å². The van der Waals surface area contributed by atoms with E-state index in [1.54, 1.807) is 22.7 Å². The molecule has 3 aliphatic rings. The molecule has 0 aromatic carbocycles. The first-order valence-corrected chi connectivity index (χ1v) is 11.4. The molecule has 4 heterocycles. The number of rotatable bonds is 3. The van der Waals surface area contributed by atoms with Gasteiger partial charge in [-0.05, 0) is 47.7 Å². The fourth-order valence-electron chi connectivity index (χ4n) is 4.70. The Morgan fingerprint density at radius 1 is 1.18 bits per heavy atom. The van der Waals surface area contributed by atoms with Gasteiger partial charge in [0.25, 0.3) is 5.91 Å². The van der Waals surface area contributed by atoms with Crippen molar-refractivity contribution in [3.8, 4) is 0 Å². The summed E-state index contributed by atoms with van der Waals surface area (Å²) in [4.78, 5) is 44.0. The van der Waals surface area contributed by atoms with Crippen molar-refractivity contribution in [1.29, 1.82) is 0 Å². The highest BCUT2D eigenvalue weighted by Gasteiger charge is 2.53. The van der Waals surface area contributed by atoms with Crippen molar-refractivity contribution < 1.29 is 14.4 Å². The average Bonchev–Trinajstić information content (AvgIpc) is 3.47. The SMILES string of the molecule is O=C1NC2(CCCC2)C(=O)N1CC(=O)N1CCc2sccc2[C@H]1c1cccs1. The van der Waals surface area contributed by atoms with Gasteiger partial charge >= 0.3 is 6.03 Å². The summed E-state index contributed by atoms with van der Waals surface area (Å²) in [7, 11) is 0. The first-order valence-electron chi connectivity index (χ1n) is 9.62. The second kappa shape index (κ2) is 6.70.